The third kappa shape index (κ3) is 5.82. The summed E-state index contributed by atoms with van der Waals surface area (Å²) in [6, 6.07) is 0.829. The van der Waals surface area contributed by atoms with Gasteiger partial charge >= 0.3 is 0 Å². The quantitative estimate of drug-likeness (QED) is 0.666. The molecule has 0 radical (unpaired) electrons. The molecule has 0 saturated heterocycles. The highest BCUT2D eigenvalue weighted by Crippen LogP contribution is 2.26. The summed E-state index contributed by atoms with van der Waals surface area (Å²) in [5.74, 6) is 0. The number of nitrogens with one attached hydrogen (secondary N) is 1. The molecule has 0 heterocycles. The second kappa shape index (κ2) is 8.46. The summed E-state index contributed by atoms with van der Waals surface area (Å²) in [4.78, 5) is 0. The normalized spacial score (nSPS) is 26.8. The lowest BCUT2D eigenvalue weighted by Gasteiger charge is -2.28. The monoisotopic (exact) mass is 229 g/mol. The second-order valence-electron chi connectivity index (χ2n) is 4.72. The zero-order valence-electron chi connectivity index (χ0n) is 10.4. The van der Waals surface area contributed by atoms with E-state index in [1.165, 1.54) is 57.9 Å². The zero-order valence-corrected chi connectivity index (χ0v) is 11.2. The van der Waals surface area contributed by atoms with Crippen LogP contribution in [0.15, 0.2) is 0 Å². The van der Waals surface area contributed by atoms with Crippen LogP contribution in [0.4, 0.5) is 0 Å². The van der Waals surface area contributed by atoms with Gasteiger partial charge in [-0.2, -0.15) is 11.8 Å². The van der Waals surface area contributed by atoms with Crippen LogP contribution < -0.4 is 5.32 Å². The molecule has 2 heteroatoms. The molecule has 0 aromatic carbocycles. The average molecular weight is 229 g/mol. The minimum absolute atomic E-state index is 0.829. The predicted molar refractivity (Wildman–Crippen MR) is 71.7 cm³/mol. The molecule has 1 nitrogen and oxygen atoms in total. The molecule has 90 valence electrons. The first-order valence-corrected chi connectivity index (χ1v) is 7.91. The Labute approximate surface area is 99.8 Å². The molecule has 0 unspecified atom stereocenters. The van der Waals surface area contributed by atoms with E-state index in [1.54, 1.807) is 0 Å². The van der Waals surface area contributed by atoms with E-state index in [9.17, 15) is 0 Å². The van der Waals surface area contributed by atoms with Crippen LogP contribution in [0.25, 0.3) is 0 Å². The van der Waals surface area contributed by atoms with Crippen molar-refractivity contribution in [1.29, 1.82) is 0 Å². The highest BCUT2D eigenvalue weighted by Gasteiger charge is 2.19. The van der Waals surface area contributed by atoms with Crippen molar-refractivity contribution in [2.75, 3.05) is 12.8 Å². The summed E-state index contributed by atoms with van der Waals surface area (Å²) in [5.41, 5.74) is 0. The Hall–Kier alpha value is 0.310. The first-order chi connectivity index (χ1) is 7.36. The third-order valence-corrected chi connectivity index (χ3v) is 4.61. The van der Waals surface area contributed by atoms with Gasteiger partial charge in [0.25, 0.3) is 0 Å². The molecule has 0 aromatic rings. The number of rotatable bonds is 7. The van der Waals surface area contributed by atoms with E-state index in [1.807, 2.05) is 0 Å². The fourth-order valence-electron chi connectivity index (χ4n) is 2.36. The summed E-state index contributed by atoms with van der Waals surface area (Å²) in [5, 5.41) is 4.66. The van der Waals surface area contributed by atoms with E-state index in [0.29, 0.717) is 0 Å². The van der Waals surface area contributed by atoms with Gasteiger partial charge in [-0.3, -0.25) is 0 Å². The van der Waals surface area contributed by atoms with Gasteiger partial charge in [0.05, 0.1) is 0 Å². The van der Waals surface area contributed by atoms with Gasteiger partial charge in [-0.25, -0.2) is 0 Å². The maximum Gasteiger partial charge on any atom is 0.00678 e. The minimum atomic E-state index is 0.829. The SMILES string of the molecule is CCCCCCNC1CCC(SC)CC1. The first kappa shape index (κ1) is 13.4. The highest BCUT2D eigenvalue weighted by molar-refractivity contribution is 7.99. The molecule has 0 amide bonds. The van der Waals surface area contributed by atoms with Crippen LogP contribution in [0.2, 0.25) is 0 Å². The van der Waals surface area contributed by atoms with E-state index in [-0.39, 0.29) is 0 Å². The summed E-state index contributed by atoms with van der Waals surface area (Å²) in [7, 11) is 0. The topological polar surface area (TPSA) is 12.0 Å². The van der Waals surface area contributed by atoms with Crippen LogP contribution >= 0.6 is 11.8 Å². The predicted octanol–water partition coefficient (Wildman–Crippen LogP) is 3.83. The minimum Gasteiger partial charge on any atom is -0.314 e. The van der Waals surface area contributed by atoms with Crippen molar-refractivity contribution in [3.8, 4) is 0 Å². The largest absolute Gasteiger partial charge is 0.314 e. The van der Waals surface area contributed by atoms with Crippen LogP contribution in [-0.2, 0) is 0 Å². The molecule has 1 aliphatic carbocycles. The molecule has 15 heavy (non-hydrogen) atoms. The molecule has 0 bridgehead atoms. The van der Waals surface area contributed by atoms with Gasteiger partial charge in [0.15, 0.2) is 0 Å². The van der Waals surface area contributed by atoms with E-state index >= 15 is 0 Å². The summed E-state index contributed by atoms with van der Waals surface area (Å²) in [6.07, 6.45) is 13.4. The first-order valence-electron chi connectivity index (χ1n) is 6.63. The smallest absolute Gasteiger partial charge is 0.00678 e. The molecule has 1 fully saturated rings. The Morgan fingerprint density at radius 1 is 1.07 bits per heavy atom. The Morgan fingerprint density at radius 2 is 1.80 bits per heavy atom. The number of hydrogen-bond acceptors (Lipinski definition) is 2. The van der Waals surface area contributed by atoms with E-state index < -0.39 is 0 Å². The Balaban J connectivity index is 1.94. The van der Waals surface area contributed by atoms with Crippen molar-refractivity contribution >= 4 is 11.8 Å². The summed E-state index contributed by atoms with van der Waals surface area (Å²) < 4.78 is 0. The summed E-state index contributed by atoms with van der Waals surface area (Å²) >= 11 is 2.05. The summed E-state index contributed by atoms with van der Waals surface area (Å²) in [6.45, 7) is 3.52. The molecule has 0 aliphatic heterocycles. The lowest BCUT2D eigenvalue weighted by molar-refractivity contribution is 0.376. The maximum absolute atomic E-state index is 3.72. The highest BCUT2D eigenvalue weighted by atomic mass is 32.2. The fourth-order valence-corrected chi connectivity index (χ4v) is 3.10. The molecule has 1 N–H and O–H groups in total. The molecule has 1 saturated carbocycles. The van der Waals surface area contributed by atoms with Crippen LogP contribution in [0.3, 0.4) is 0 Å². The van der Waals surface area contributed by atoms with Gasteiger partial charge in [0.1, 0.15) is 0 Å². The lowest BCUT2D eigenvalue weighted by atomic mass is 9.95. The Kier molecular flexibility index (Phi) is 7.54. The van der Waals surface area contributed by atoms with E-state index in [0.717, 1.165) is 11.3 Å². The van der Waals surface area contributed by atoms with E-state index in [4.69, 9.17) is 0 Å². The molecule has 0 spiro atoms. The lowest BCUT2D eigenvalue weighted by Crippen LogP contribution is -2.34. The van der Waals surface area contributed by atoms with Gasteiger partial charge < -0.3 is 5.32 Å². The standard InChI is InChI=1S/C13H27NS/c1-3-4-5-6-11-14-12-7-9-13(15-2)10-8-12/h12-14H,3-11H2,1-2H3. The van der Waals surface area contributed by atoms with Gasteiger partial charge in [-0.1, -0.05) is 26.2 Å². The van der Waals surface area contributed by atoms with Gasteiger partial charge in [0.2, 0.25) is 0 Å². The van der Waals surface area contributed by atoms with E-state index in [2.05, 4.69) is 30.3 Å². The van der Waals surface area contributed by atoms with Crippen molar-refractivity contribution in [3.05, 3.63) is 0 Å². The average Bonchev–Trinajstić information content (AvgIpc) is 2.30. The molecule has 0 aromatic heterocycles. The van der Waals surface area contributed by atoms with Gasteiger partial charge in [-0.15, -0.1) is 0 Å². The van der Waals surface area contributed by atoms with Crippen LogP contribution in [0, 0.1) is 0 Å². The van der Waals surface area contributed by atoms with Gasteiger partial charge in [0, 0.05) is 11.3 Å². The second-order valence-corrected chi connectivity index (χ2v) is 5.86. The molecular weight excluding hydrogens is 202 g/mol. The molecule has 1 rings (SSSR count). The van der Waals surface area contributed by atoms with Crippen LogP contribution in [0.1, 0.15) is 58.3 Å². The van der Waals surface area contributed by atoms with Crippen LogP contribution in [0.5, 0.6) is 0 Å². The number of thioether (sulfide) groups is 1. The Morgan fingerprint density at radius 3 is 2.40 bits per heavy atom. The number of hydrogen-bond donors (Lipinski definition) is 1. The molecular formula is C13H27NS. The van der Waals surface area contributed by atoms with Crippen molar-refractivity contribution < 1.29 is 0 Å². The van der Waals surface area contributed by atoms with Crippen LogP contribution in [-0.4, -0.2) is 24.1 Å². The van der Waals surface area contributed by atoms with Crippen molar-refractivity contribution in [1.82, 2.24) is 5.32 Å². The molecule has 0 atom stereocenters. The molecule has 1 aliphatic rings. The fraction of sp³-hybridized carbons (Fsp3) is 1.00. The Bertz CT molecular complexity index is 141. The zero-order chi connectivity index (χ0) is 10.9. The number of unbranched alkanes of at least 4 members (excludes halogenated alkanes) is 3. The van der Waals surface area contributed by atoms with Crippen molar-refractivity contribution in [2.45, 2.75) is 69.6 Å². The van der Waals surface area contributed by atoms with Gasteiger partial charge in [-0.05, 0) is 44.9 Å². The van der Waals surface area contributed by atoms with Crippen molar-refractivity contribution in [2.24, 2.45) is 0 Å². The maximum atomic E-state index is 3.72. The third-order valence-electron chi connectivity index (χ3n) is 3.47. The van der Waals surface area contributed by atoms with Crippen molar-refractivity contribution in [3.63, 3.8) is 0 Å².